The average molecular weight is 286 g/mol. The number of hydrogen-bond donors (Lipinski definition) is 2. The molecule has 0 aromatic heterocycles. The second-order valence-corrected chi connectivity index (χ2v) is 7.26. The molecule has 0 aromatic rings. The lowest BCUT2D eigenvalue weighted by atomic mass is 9.79. The molecule has 2 N–H and O–H groups in total. The van der Waals surface area contributed by atoms with Gasteiger partial charge in [0.2, 0.25) is 0 Å². The van der Waals surface area contributed by atoms with Gasteiger partial charge in [-0.05, 0) is 38.6 Å². The summed E-state index contributed by atoms with van der Waals surface area (Å²) in [6.45, 7) is 15.9. The summed E-state index contributed by atoms with van der Waals surface area (Å²) in [4.78, 5) is 2.38. The molecule has 1 fully saturated rings. The van der Waals surface area contributed by atoms with E-state index in [9.17, 15) is 5.11 Å². The smallest absolute Gasteiger partial charge is 0.0718 e. The van der Waals surface area contributed by atoms with E-state index < -0.39 is 5.60 Å². The van der Waals surface area contributed by atoms with Crippen molar-refractivity contribution in [2.24, 2.45) is 5.41 Å². The number of ether oxygens (including phenoxy) is 1. The van der Waals surface area contributed by atoms with Crippen molar-refractivity contribution in [1.82, 2.24) is 10.2 Å². The number of aliphatic hydroxyl groups is 1. The Labute approximate surface area is 124 Å². The standard InChI is InChI=1S/C16H34N2O2/c1-6-18(12-15(4,5)19)13-16(11-17-14(2)3)7-9-20-10-8-16/h14,17,19H,6-13H2,1-5H3. The van der Waals surface area contributed by atoms with Crippen LogP contribution < -0.4 is 5.32 Å². The molecule has 0 aliphatic carbocycles. The van der Waals surface area contributed by atoms with Crippen LogP contribution in [-0.2, 0) is 4.74 Å². The number of nitrogens with zero attached hydrogens (tertiary/aromatic N) is 1. The van der Waals surface area contributed by atoms with E-state index in [2.05, 4.69) is 31.0 Å². The van der Waals surface area contributed by atoms with Gasteiger partial charge in [0.05, 0.1) is 5.60 Å². The van der Waals surface area contributed by atoms with E-state index in [1.165, 1.54) is 0 Å². The Bertz CT molecular complexity index is 268. The monoisotopic (exact) mass is 286 g/mol. The minimum Gasteiger partial charge on any atom is -0.389 e. The van der Waals surface area contributed by atoms with Crippen LogP contribution in [-0.4, -0.2) is 61.0 Å². The van der Waals surface area contributed by atoms with Gasteiger partial charge in [-0.1, -0.05) is 20.8 Å². The predicted molar refractivity (Wildman–Crippen MR) is 84.0 cm³/mol. The molecular weight excluding hydrogens is 252 g/mol. The average Bonchev–Trinajstić information content (AvgIpc) is 2.35. The molecule has 1 aliphatic heterocycles. The molecule has 0 bridgehead atoms. The molecular formula is C16H34N2O2. The molecule has 1 heterocycles. The first-order valence-corrected chi connectivity index (χ1v) is 8.02. The summed E-state index contributed by atoms with van der Waals surface area (Å²) in [7, 11) is 0. The van der Waals surface area contributed by atoms with Gasteiger partial charge in [0.25, 0.3) is 0 Å². The van der Waals surface area contributed by atoms with Crippen molar-refractivity contribution < 1.29 is 9.84 Å². The molecule has 4 nitrogen and oxygen atoms in total. The zero-order valence-electron chi connectivity index (χ0n) is 14.0. The first-order valence-electron chi connectivity index (χ1n) is 8.02. The van der Waals surface area contributed by atoms with Crippen molar-refractivity contribution >= 4 is 0 Å². The van der Waals surface area contributed by atoms with Gasteiger partial charge in [-0.3, -0.25) is 0 Å². The summed E-state index contributed by atoms with van der Waals surface area (Å²) < 4.78 is 5.55. The Morgan fingerprint density at radius 3 is 2.35 bits per heavy atom. The molecule has 0 spiro atoms. The van der Waals surface area contributed by atoms with Gasteiger partial charge >= 0.3 is 0 Å². The molecule has 0 amide bonds. The quantitative estimate of drug-likeness (QED) is 0.715. The highest BCUT2D eigenvalue weighted by Crippen LogP contribution is 2.31. The Hall–Kier alpha value is -0.160. The van der Waals surface area contributed by atoms with Crippen LogP contribution in [0.3, 0.4) is 0 Å². The topological polar surface area (TPSA) is 44.7 Å². The zero-order chi connectivity index (χ0) is 15.2. The summed E-state index contributed by atoms with van der Waals surface area (Å²) >= 11 is 0. The predicted octanol–water partition coefficient (Wildman–Crippen LogP) is 1.87. The van der Waals surface area contributed by atoms with E-state index in [0.717, 1.165) is 52.2 Å². The van der Waals surface area contributed by atoms with E-state index in [1.807, 2.05) is 13.8 Å². The fraction of sp³-hybridized carbons (Fsp3) is 1.00. The van der Waals surface area contributed by atoms with Crippen LogP contribution in [0, 0.1) is 5.41 Å². The van der Waals surface area contributed by atoms with Gasteiger partial charge in [-0.25, -0.2) is 0 Å². The van der Waals surface area contributed by atoms with Crippen LogP contribution in [0.2, 0.25) is 0 Å². The number of hydrogen-bond acceptors (Lipinski definition) is 4. The third kappa shape index (κ3) is 6.53. The van der Waals surface area contributed by atoms with Gasteiger partial charge in [0.1, 0.15) is 0 Å². The van der Waals surface area contributed by atoms with E-state index in [0.29, 0.717) is 6.04 Å². The molecule has 4 heteroatoms. The van der Waals surface area contributed by atoms with E-state index in [4.69, 9.17) is 4.74 Å². The first kappa shape index (κ1) is 17.9. The van der Waals surface area contributed by atoms with Crippen molar-refractivity contribution in [1.29, 1.82) is 0 Å². The number of likely N-dealkylation sites (N-methyl/N-ethyl adjacent to an activating group) is 1. The van der Waals surface area contributed by atoms with E-state index >= 15 is 0 Å². The minimum atomic E-state index is -0.631. The molecule has 0 saturated carbocycles. The minimum absolute atomic E-state index is 0.282. The zero-order valence-corrected chi connectivity index (χ0v) is 14.0. The second kappa shape index (κ2) is 7.74. The van der Waals surface area contributed by atoms with Crippen LogP contribution in [0.5, 0.6) is 0 Å². The molecule has 1 saturated heterocycles. The summed E-state index contributed by atoms with van der Waals surface area (Å²) in [5.41, 5.74) is -0.350. The molecule has 0 aromatic carbocycles. The molecule has 120 valence electrons. The highest BCUT2D eigenvalue weighted by molar-refractivity contribution is 4.88. The van der Waals surface area contributed by atoms with Gasteiger partial charge < -0.3 is 20.1 Å². The fourth-order valence-corrected chi connectivity index (χ4v) is 2.92. The highest BCUT2D eigenvalue weighted by Gasteiger charge is 2.35. The maximum atomic E-state index is 10.1. The van der Waals surface area contributed by atoms with Gasteiger partial charge in [0, 0.05) is 38.9 Å². The van der Waals surface area contributed by atoms with Crippen LogP contribution in [0.1, 0.15) is 47.5 Å². The van der Waals surface area contributed by atoms with Crippen molar-refractivity contribution in [2.45, 2.75) is 59.1 Å². The molecule has 0 atom stereocenters. The lowest BCUT2D eigenvalue weighted by Crippen LogP contribution is -2.51. The first-order chi connectivity index (χ1) is 9.26. The maximum Gasteiger partial charge on any atom is 0.0718 e. The Morgan fingerprint density at radius 2 is 1.90 bits per heavy atom. The number of rotatable bonds is 8. The van der Waals surface area contributed by atoms with Crippen molar-refractivity contribution in [2.75, 3.05) is 39.4 Å². The summed E-state index contributed by atoms with van der Waals surface area (Å²) in [5.74, 6) is 0. The second-order valence-electron chi connectivity index (χ2n) is 7.26. The fourth-order valence-electron chi connectivity index (χ4n) is 2.92. The lowest BCUT2D eigenvalue weighted by Gasteiger charge is -2.42. The molecule has 0 unspecified atom stereocenters. The van der Waals surface area contributed by atoms with Gasteiger partial charge in [-0.15, -0.1) is 0 Å². The highest BCUT2D eigenvalue weighted by atomic mass is 16.5. The molecule has 1 aliphatic rings. The van der Waals surface area contributed by atoms with Gasteiger partial charge in [-0.2, -0.15) is 0 Å². The Morgan fingerprint density at radius 1 is 1.30 bits per heavy atom. The molecule has 1 rings (SSSR count). The van der Waals surface area contributed by atoms with Crippen molar-refractivity contribution in [3.8, 4) is 0 Å². The lowest BCUT2D eigenvalue weighted by molar-refractivity contribution is -0.0232. The molecule has 0 radical (unpaired) electrons. The van der Waals surface area contributed by atoms with Crippen LogP contribution in [0.15, 0.2) is 0 Å². The largest absolute Gasteiger partial charge is 0.389 e. The molecule has 20 heavy (non-hydrogen) atoms. The van der Waals surface area contributed by atoms with Crippen molar-refractivity contribution in [3.63, 3.8) is 0 Å². The van der Waals surface area contributed by atoms with Crippen LogP contribution in [0.4, 0.5) is 0 Å². The summed E-state index contributed by atoms with van der Waals surface area (Å²) in [6, 6.07) is 0.513. The Balaban J connectivity index is 2.66. The number of nitrogens with one attached hydrogen (secondary N) is 1. The third-order valence-corrected chi connectivity index (χ3v) is 4.06. The maximum absolute atomic E-state index is 10.1. The normalized spacial score (nSPS) is 19.8. The Kier molecular flexibility index (Phi) is 6.92. The van der Waals surface area contributed by atoms with E-state index in [1.54, 1.807) is 0 Å². The van der Waals surface area contributed by atoms with Gasteiger partial charge in [0.15, 0.2) is 0 Å². The summed E-state index contributed by atoms with van der Waals surface area (Å²) in [5, 5.41) is 13.7. The van der Waals surface area contributed by atoms with E-state index in [-0.39, 0.29) is 5.41 Å². The summed E-state index contributed by atoms with van der Waals surface area (Å²) in [6.07, 6.45) is 2.21. The SMILES string of the molecule is CCN(CC(C)(C)O)CC1(CNC(C)C)CCOCC1. The van der Waals surface area contributed by atoms with Crippen LogP contribution >= 0.6 is 0 Å². The van der Waals surface area contributed by atoms with Crippen LogP contribution in [0.25, 0.3) is 0 Å². The van der Waals surface area contributed by atoms with Crippen molar-refractivity contribution in [3.05, 3.63) is 0 Å². The third-order valence-electron chi connectivity index (χ3n) is 4.06.